The zero-order valence-corrected chi connectivity index (χ0v) is 16.1. The molecule has 27 heavy (non-hydrogen) atoms. The molecule has 0 radical (unpaired) electrons. The van der Waals surface area contributed by atoms with Crippen LogP contribution in [-0.4, -0.2) is 59.4 Å². The Morgan fingerprint density at radius 2 is 2.00 bits per heavy atom. The highest BCUT2D eigenvalue weighted by Gasteiger charge is 2.29. The number of likely N-dealkylation sites (tertiary alicyclic amines) is 1. The van der Waals surface area contributed by atoms with Crippen molar-refractivity contribution in [2.45, 2.75) is 31.7 Å². The maximum Gasteiger partial charge on any atom is 0.253 e. The third-order valence-corrected chi connectivity index (χ3v) is 5.60. The molecule has 1 atom stereocenters. The van der Waals surface area contributed by atoms with E-state index in [-0.39, 0.29) is 11.8 Å². The predicted molar refractivity (Wildman–Crippen MR) is 106 cm³/mol. The lowest BCUT2D eigenvalue weighted by molar-refractivity contribution is 0.0704. The van der Waals surface area contributed by atoms with Crippen LogP contribution >= 0.6 is 0 Å². The van der Waals surface area contributed by atoms with Gasteiger partial charge < -0.3 is 15.1 Å². The maximum atomic E-state index is 12.8. The number of nitrogens with one attached hydrogen (secondary N) is 1. The van der Waals surface area contributed by atoms with E-state index < -0.39 is 0 Å². The molecular formula is C21H27N5O. The molecule has 1 aromatic heterocycles. The van der Waals surface area contributed by atoms with Gasteiger partial charge in [-0.05, 0) is 32.0 Å². The van der Waals surface area contributed by atoms with Gasteiger partial charge in [-0.3, -0.25) is 4.79 Å². The molecule has 0 saturated carbocycles. The van der Waals surface area contributed by atoms with Crippen LogP contribution in [0.15, 0.2) is 30.3 Å². The normalized spacial score (nSPS) is 20.2. The second kappa shape index (κ2) is 7.64. The van der Waals surface area contributed by atoms with Crippen LogP contribution in [0.3, 0.4) is 0 Å². The molecule has 2 aliphatic rings. The highest BCUT2D eigenvalue weighted by Crippen LogP contribution is 2.30. The molecule has 2 aliphatic heterocycles. The Labute approximate surface area is 160 Å². The van der Waals surface area contributed by atoms with E-state index in [1.165, 1.54) is 5.56 Å². The van der Waals surface area contributed by atoms with Gasteiger partial charge in [0.2, 0.25) is 0 Å². The maximum absolute atomic E-state index is 12.8. The van der Waals surface area contributed by atoms with E-state index in [1.807, 2.05) is 42.3 Å². The lowest BCUT2D eigenvalue weighted by Gasteiger charge is -2.33. The number of rotatable bonds is 3. The van der Waals surface area contributed by atoms with Crippen LogP contribution in [0.5, 0.6) is 0 Å². The Balaban J connectivity index is 1.57. The summed E-state index contributed by atoms with van der Waals surface area (Å²) in [4.78, 5) is 26.9. The van der Waals surface area contributed by atoms with Gasteiger partial charge >= 0.3 is 0 Å². The van der Waals surface area contributed by atoms with Gasteiger partial charge in [0.1, 0.15) is 11.6 Å². The van der Waals surface area contributed by atoms with Gasteiger partial charge in [0, 0.05) is 56.7 Å². The number of carbonyl (C=O) groups excluding carboxylic acids is 1. The highest BCUT2D eigenvalue weighted by molar-refractivity contribution is 5.94. The molecule has 1 saturated heterocycles. The van der Waals surface area contributed by atoms with Crippen molar-refractivity contribution in [2.24, 2.45) is 0 Å². The topological polar surface area (TPSA) is 61.4 Å². The molecule has 1 aromatic carbocycles. The van der Waals surface area contributed by atoms with Gasteiger partial charge in [0.05, 0.1) is 5.69 Å². The van der Waals surface area contributed by atoms with E-state index in [1.54, 1.807) is 0 Å². The first-order valence-corrected chi connectivity index (χ1v) is 9.76. The van der Waals surface area contributed by atoms with Crippen LogP contribution in [0.1, 0.15) is 46.2 Å². The minimum Gasteiger partial charge on any atom is -0.373 e. The van der Waals surface area contributed by atoms with Crippen LogP contribution in [0.4, 0.5) is 5.82 Å². The summed E-state index contributed by atoms with van der Waals surface area (Å²) in [5.41, 5.74) is 3.13. The summed E-state index contributed by atoms with van der Waals surface area (Å²) in [5.74, 6) is 2.12. The molecule has 1 amide bonds. The third kappa shape index (κ3) is 3.67. The average molecular weight is 365 g/mol. The van der Waals surface area contributed by atoms with E-state index in [4.69, 9.17) is 9.97 Å². The zero-order valence-electron chi connectivity index (χ0n) is 16.1. The van der Waals surface area contributed by atoms with Crippen LogP contribution in [0, 0.1) is 0 Å². The minimum atomic E-state index is 0.105. The van der Waals surface area contributed by atoms with Crippen molar-refractivity contribution < 1.29 is 4.79 Å². The lowest BCUT2D eigenvalue weighted by atomic mass is 9.95. The Morgan fingerprint density at radius 1 is 1.19 bits per heavy atom. The first-order valence-electron chi connectivity index (χ1n) is 9.76. The Hall–Kier alpha value is -2.47. The van der Waals surface area contributed by atoms with Gasteiger partial charge in [-0.25, -0.2) is 9.97 Å². The third-order valence-electron chi connectivity index (χ3n) is 5.60. The van der Waals surface area contributed by atoms with E-state index >= 15 is 0 Å². The molecule has 1 N–H and O–H groups in total. The number of aromatic nitrogens is 2. The Morgan fingerprint density at radius 3 is 2.78 bits per heavy atom. The number of piperidine rings is 1. The second-order valence-electron chi connectivity index (χ2n) is 7.55. The molecule has 6 heteroatoms. The second-order valence-corrected chi connectivity index (χ2v) is 7.55. The van der Waals surface area contributed by atoms with E-state index in [9.17, 15) is 4.79 Å². The number of hydrogen-bond acceptors (Lipinski definition) is 5. The van der Waals surface area contributed by atoms with Gasteiger partial charge in [0.25, 0.3) is 5.91 Å². The molecule has 1 fully saturated rings. The summed E-state index contributed by atoms with van der Waals surface area (Å²) in [6, 6.07) is 9.54. The van der Waals surface area contributed by atoms with Crippen molar-refractivity contribution in [3.63, 3.8) is 0 Å². The fourth-order valence-electron chi connectivity index (χ4n) is 4.09. The van der Waals surface area contributed by atoms with Crippen LogP contribution in [0.2, 0.25) is 0 Å². The standard InChI is InChI=1S/C21H27N5O/c1-22-20-17-14-25(2)12-10-18(17)23-19(24-20)16-9-6-11-26(13-16)21(27)15-7-4-3-5-8-15/h3-5,7-8,16H,6,9-14H2,1-2H3,(H,22,23,24)/t16-/m1/s1. The summed E-state index contributed by atoms with van der Waals surface area (Å²) < 4.78 is 0. The number of hydrogen-bond donors (Lipinski definition) is 1. The van der Waals surface area contributed by atoms with Gasteiger partial charge in [-0.15, -0.1) is 0 Å². The molecule has 0 unspecified atom stereocenters. The quantitative estimate of drug-likeness (QED) is 0.906. The van der Waals surface area contributed by atoms with Crippen molar-refractivity contribution in [1.82, 2.24) is 19.8 Å². The fraction of sp³-hybridized carbons (Fsp3) is 0.476. The molecule has 142 valence electrons. The number of carbonyl (C=O) groups is 1. The van der Waals surface area contributed by atoms with Crippen molar-refractivity contribution in [1.29, 1.82) is 0 Å². The largest absolute Gasteiger partial charge is 0.373 e. The smallest absolute Gasteiger partial charge is 0.253 e. The molecule has 0 bridgehead atoms. The molecule has 0 spiro atoms. The Kier molecular flexibility index (Phi) is 5.07. The molecule has 3 heterocycles. The van der Waals surface area contributed by atoms with Crippen molar-refractivity contribution in [3.8, 4) is 0 Å². The van der Waals surface area contributed by atoms with E-state index in [0.29, 0.717) is 6.54 Å². The number of nitrogens with zero attached hydrogens (tertiary/aromatic N) is 4. The summed E-state index contributed by atoms with van der Waals surface area (Å²) >= 11 is 0. The number of fused-ring (bicyclic) bond motifs is 1. The van der Waals surface area contributed by atoms with Gasteiger partial charge in [-0.2, -0.15) is 0 Å². The summed E-state index contributed by atoms with van der Waals surface area (Å²) in [6.07, 6.45) is 2.97. The van der Waals surface area contributed by atoms with Gasteiger partial charge in [0.15, 0.2) is 0 Å². The highest BCUT2D eigenvalue weighted by atomic mass is 16.2. The average Bonchev–Trinajstić information content (AvgIpc) is 2.73. The van der Waals surface area contributed by atoms with Crippen LogP contribution in [0.25, 0.3) is 0 Å². The molecular weight excluding hydrogens is 338 g/mol. The van der Waals surface area contributed by atoms with Crippen LogP contribution < -0.4 is 5.32 Å². The first kappa shape index (κ1) is 17.9. The number of benzene rings is 1. The lowest BCUT2D eigenvalue weighted by Crippen LogP contribution is -2.39. The number of anilines is 1. The molecule has 0 aliphatic carbocycles. The van der Waals surface area contributed by atoms with Gasteiger partial charge in [-0.1, -0.05) is 18.2 Å². The summed E-state index contributed by atoms with van der Waals surface area (Å²) in [7, 11) is 4.05. The van der Waals surface area contributed by atoms with Crippen molar-refractivity contribution >= 4 is 11.7 Å². The summed E-state index contributed by atoms with van der Waals surface area (Å²) in [5, 5.41) is 3.26. The number of amides is 1. The summed E-state index contributed by atoms with van der Waals surface area (Å²) in [6.45, 7) is 3.40. The molecule has 6 nitrogen and oxygen atoms in total. The number of likely N-dealkylation sites (N-methyl/N-ethyl adjacent to an activating group) is 1. The SMILES string of the molecule is CNc1nc([C@@H]2CCCN(C(=O)c3ccccc3)C2)nc2c1CN(C)CC2. The predicted octanol–water partition coefficient (Wildman–Crippen LogP) is 2.53. The minimum absolute atomic E-state index is 0.105. The van der Waals surface area contributed by atoms with E-state index in [0.717, 1.165) is 61.8 Å². The fourth-order valence-corrected chi connectivity index (χ4v) is 4.09. The van der Waals surface area contributed by atoms with E-state index in [2.05, 4.69) is 17.3 Å². The molecule has 4 rings (SSSR count). The van der Waals surface area contributed by atoms with Crippen molar-refractivity contribution in [2.75, 3.05) is 39.0 Å². The van der Waals surface area contributed by atoms with Crippen molar-refractivity contribution in [3.05, 3.63) is 53.0 Å². The first-order chi connectivity index (χ1) is 13.2. The monoisotopic (exact) mass is 365 g/mol. The zero-order chi connectivity index (χ0) is 18.8. The van der Waals surface area contributed by atoms with Crippen LogP contribution in [-0.2, 0) is 13.0 Å². The Bertz CT molecular complexity index is 806. The molecule has 2 aromatic rings.